The Balaban J connectivity index is 3.00. The average Bonchev–Trinajstić information content (AvgIpc) is 2.54. The van der Waals surface area contributed by atoms with E-state index in [-0.39, 0.29) is 0 Å². The number of hydrogen-bond acceptors (Lipinski definition) is 5. The first kappa shape index (κ1) is 22.8. The molecular formula is C18H39NO4. The predicted molar refractivity (Wildman–Crippen MR) is 93.8 cm³/mol. The predicted octanol–water partition coefficient (Wildman–Crippen LogP) is 4.53. The van der Waals surface area contributed by atoms with Crippen LogP contribution in [0.1, 0.15) is 103 Å². The first-order valence-corrected chi connectivity index (χ1v) is 9.66. The standard InChI is InChI=1S/C18H39NO4/c20-17-15-13-11-9-7-5-3-1-2-4-6-8-10-12-14-16-18(21)19-23-22/h18-22H,1-17H2. The Labute approximate surface area is 142 Å². The van der Waals surface area contributed by atoms with Crippen LogP contribution in [0.2, 0.25) is 0 Å². The van der Waals surface area contributed by atoms with Crippen molar-refractivity contribution in [1.29, 1.82) is 0 Å². The highest BCUT2D eigenvalue weighted by Crippen LogP contribution is 2.13. The van der Waals surface area contributed by atoms with Crippen LogP contribution < -0.4 is 5.48 Å². The smallest absolute Gasteiger partial charge is 0.130 e. The monoisotopic (exact) mass is 333 g/mol. The largest absolute Gasteiger partial charge is 0.396 e. The van der Waals surface area contributed by atoms with Crippen molar-refractivity contribution in [3.8, 4) is 0 Å². The Morgan fingerprint density at radius 1 is 0.609 bits per heavy atom. The van der Waals surface area contributed by atoms with Crippen molar-refractivity contribution in [2.45, 2.75) is 109 Å². The molecule has 0 aromatic rings. The zero-order valence-electron chi connectivity index (χ0n) is 14.8. The lowest BCUT2D eigenvalue weighted by atomic mass is 10.0. The lowest BCUT2D eigenvalue weighted by molar-refractivity contribution is -0.314. The van der Waals surface area contributed by atoms with Gasteiger partial charge in [0, 0.05) is 6.61 Å². The number of hydroxylamine groups is 1. The molecule has 0 fully saturated rings. The van der Waals surface area contributed by atoms with Gasteiger partial charge in [-0.15, -0.1) is 10.5 Å². The van der Waals surface area contributed by atoms with Crippen LogP contribution in [0.25, 0.3) is 0 Å². The summed E-state index contributed by atoms with van der Waals surface area (Å²) in [5, 5.41) is 26.0. The molecule has 0 spiro atoms. The molecule has 5 nitrogen and oxygen atoms in total. The van der Waals surface area contributed by atoms with Crippen LogP contribution >= 0.6 is 0 Å². The molecule has 0 radical (unpaired) electrons. The van der Waals surface area contributed by atoms with Gasteiger partial charge in [-0.25, -0.2) is 5.26 Å². The lowest BCUT2D eigenvalue weighted by Crippen LogP contribution is -2.27. The fourth-order valence-electron chi connectivity index (χ4n) is 2.87. The van der Waals surface area contributed by atoms with E-state index in [0.717, 1.165) is 19.3 Å². The van der Waals surface area contributed by atoms with Crippen molar-refractivity contribution in [2.24, 2.45) is 0 Å². The Morgan fingerprint density at radius 3 is 1.30 bits per heavy atom. The van der Waals surface area contributed by atoms with Crippen molar-refractivity contribution < 1.29 is 20.5 Å². The number of nitrogens with one attached hydrogen (secondary N) is 1. The van der Waals surface area contributed by atoms with Crippen LogP contribution in [0.3, 0.4) is 0 Å². The van der Waals surface area contributed by atoms with Crippen LogP contribution in [-0.4, -0.2) is 28.3 Å². The SMILES string of the molecule is OCCCCCCCCCCCCCCCCCC(O)NOO. The molecule has 0 aromatic carbocycles. The van der Waals surface area contributed by atoms with Crippen molar-refractivity contribution >= 4 is 0 Å². The molecule has 0 aliphatic rings. The van der Waals surface area contributed by atoms with Gasteiger partial charge in [0.1, 0.15) is 6.23 Å². The lowest BCUT2D eigenvalue weighted by Gasteiger charge is -2.08. The van der Waals surface area contributed by atoms with E-state index >= 15 is 0 Å². The molecule has 0 amide bonds. The van der Waals surface area contributed by atoms with Crippen molar-refractivity contribution in [3.63, 3.8) is 0 Å². The second kappa shape index (κ2) is 19.8. The number of aliphatic hydroxyl groups excluding tert-OH is 2. The third-order valence-corrected chi connectivity index (χ3v) is 4.32. The summed E-state index contributed by atoms with van der Waals surface area (Å²) >= 11 is 0. The number of hydrogen-bond donors (Lipinski definition) is 4. The molecule has 0 aliphatic carbocycles. The molecule has 140 valence electrons. The molecule has 0 bridgehead atoms. The Morgan fingerprint density at radius 2 is 0.957 bits per heavy atom. The van der Waals surface area contributed by atoms with Crippen LogP contribution in [0.5, 0.6) is 0 Å². The zero-order valence-corrected chi connectivity index (χ0v) is 14.8. The van der Waals surface area contributed by atoms with E-state index < -0.39 is 6.23 Å². The maximum absolute atomic E-state index is 9.26. The van der Waals surface area contributed by atoms with E-state index in [9.17, 15) is 5.11 Å². The Kier molecular flexibility index (Phi) is 19.7. The topological polar surface area (TPSA) is 82.0 Å². The van der Waals surface area contributed by atoms with Crippen LogP contribution in [0, 0.1) is 0 Å². The summed E-state index contributed by atoms with van der Waals surface area (Å²) in [4.78, 5) is 3.67. The third kappa shape index (κ3) is 19.8. The van der Waals surface area contributed by atoms with Gasteiger partial charge >= 0.3 is 0 Å². The maximum atomic E-state index is 9.26. The van der Waals surface area contributed by atoms with Crippen molar-refractivity contribution in [1.82, 2.24) is 5.48 Å². The minimum absolute atomic E-state index is 0.345. The molecule has 1 unspecified atom stereocenters. The molecule has 0 saturated carbocycles. The van der Waals surface area contributed by atoms with Gasteiger partial charge in [0.2, 0.25) is 0 Å². The normalized spacial score (nSPS) is 12.7. The molecule has 4 N–H and O–H groups in total. The Hall–Kier alpha value is -0.200. The molecule has 0 aromatic heterocycles. The zero-order chi connectivity index (χ0) is 17.0. The third-order valence-electron chi connectivity index (χ3n) is 4.32. The fraction of sp³-hybridized carbons (Fsp3) is 1.00. The maximum Gasteiger partial charge on any atom is 0.130 e. The molecule has 0 saturated heterocycles. The van der Waals surface area contributed by atoms with Gasteiger partial charge in [-0.3, -0.25) is 0 Å². The summed E-state index contributed by atoms with van der Waals surface area (Å²) in [6.45, 7) is 0.345. The van der Waals surface area contributed by atoms with Gasteiger partial charge in [-0.2, -0.15) is 0 Å². The minimum atomic E-state index is -0.769. The number of unbranched alkanes of at least 4 members (excludes halogenated alkanes) is 14. The second-order valence-electron chi connectivity index (χ2n) is 6.54. The van der Waals surface area contributed by atoms with E-state index in [1.807, 2.05) is 0 Å². The molecular weight excluding hydrogens is 294 g/mol. The van der Waals surface area contributed by atoms with Crippen molar-refractivity contribution in [2.75, 3.05) is 6.61 Å². The molecule has 5 heteroatoms. The van der Waals surface area contributed by atoms with Crippen molar-refractivity contribution in [3.05, 3.63) is 0 Å². The highest BCUT2D eigenvalue weighted by molar-refractivity contribution is 4.51. The number of aliphatic hydroxyl groups is 2. The molecule has 0 heterocycles. The molecule has 0 aliphatic heterocycles. The van der Waals surface area contributed by atoms with Gasteiger partial charge in [-0.1, -0.05) is 83.5 Å². The first-order valence-electron chi connectivity index (χ1n) is 9.66. The van der Waals surface area contributed by atoms with E-state index in [2.05, 4.69) is 10.5 Å². The van der Waals surface area contributed by atoms with E-state index in [1.165, 1.54) is 77.0 Å². The van der Waals surface area contributed by atoms with Crippen LogP contribution in [0.4, 0.5) is 0 Å². The van der Waals surface area contributed by atoms with E-state index in [4.69, 9.17) is 10.4 Å². The van der Waals surface area contributed by atoms with Gasteiger partial charge in [0.05, 0.1) is 0 Å². The fourth-order valence-corrected chi connectivity index (χ4v) is 2.87. The molecule has 1 atom stereocenters. The quantitative estimate of drug-likeness (QED) is 0.121. The second-order valence-corrected chi connectivity index (χ2v) is 6.54. The first-order chi connectivity index (χ1) is 11.3. The minimum Gasteiger partial charge on any atom is -0.396 e. The summed E-state index contributed by atoms with van der Waals surface area (Å²) < 4.78 is 0. The summed E-state index contributed by atoms with van der Waals surface area (Å²) in [6, 6.07) is 0. The van der Waals surface area contributed by atoms with Crippen LogP contribution in [-0.2, 0) is 4.99 Å². The highest BCUT2D eigenvalue weighted by atomic mass is 17.2. The average molecular weight is 334 g/mol. The molecule has 0 rings (SSSR count). The van der Waals surface area contributed by atoms with Gasteiger partial charge < -0.3 is 10.2 Å². The van der Waals surface area contributed by atoms with E-state index in [1.54, 1.807) is 0 Å². The Bertz CT molecular complexity index is 217. The summed E-state index contributed by atoms with van der Waals surface area (Å²) in [6.07, 6.45) is 18.7. The van der Waals surface area contributed by atoms with E-state index in [0.29, 0.717) is 13.0 Å². The number of rotatable bonds is 19. The van der Waals surface area contributed by atoms with Gasteiger partial charge in [-0.05, 0) is 19.3 Å². The summed E-state index contributed by atoms with van der Waals surface area (Å²) in [7, 11) is 0. The summed E-state index contributed by atoms with van der Waals surface area (Å²) in [5.41, 5.74) is 2.10. The highest BCUT2D eigenvalue weighted by Gasteiger charge is 2.01. The summed E-state index contributed by atoms with van der Waals surface area (Å²) in [5.74, 6) is 0. The van der Waals surface area contributed by atoms with Gasteiger partial charge in [0.15, 0.2) is 0 Å². The van der Waals surface area contributed by atoms with Crippen LogP contribution in [0.15, 0.2) is 0 Å². The molecule has 23 heavy (non-hydrogen) atoms. The van der Waals surface area contributed by atoms with Gasteiger partial charge in [0.25, 0.3) is 0 Å².